The highest BCUT2D eigenvalue weighted by molar-refractivity contribution is 5.75. The van der Waals surface area contributed by atoms with Crippen LogP contribution >= 0.6 is 0 Å². The van der Waals surface area contributed by atoms with Crippen LogP contribution in [0.25, 0.3) is 0 Å². The predicted octanol–water partition coefficient (Wildman–Crippen LogP) is 1.70. The summed E-state index contributed by atoms with van der Waals surface area (Å²) in [5.74, 6) is 1.72. The first-order valence-electron chi connectivity index (χ1n) is 7.29. The number of fused-ring (bicyclic) bond motifs is 1. The van der Waals surface area contributed by atoms with Gasteiger partial charge in [-0.3, -0.25) is 4.79 Å². The molecule has 0 spiro atoms. The lowest BCUT2D eigenvalue weighted by molar-refractivity contribution is -0.120. The number of hydrogen-bond acceptors (Lipinski definition) is 3. The van der Waals surface area contributed by atoms with E-state index in [9.17, 15) is 4.79 Å². The lowest BCUT2D eigenvalue weighted by Crippen LogP contribution is -2.31. The Morgan fingerprint density at radius 1 is 1.45 bits per heavy atom. The number of para-hydroxylation sites is 1. The Balaban J connectivity index is 1.86. The summed E-state index contributed by atoms with van der Waals surface area (Å²) in [4.78, 5) is 13.5. The van der Waals surface area contributed by atoms with E-state index in [1.54, 1.807) is 7.05 Å². The smallest absolute Gasteiger partial charge is 0.221 e. The third kappa shape index (κ3) is 4.23. The number of amides is 1. The maximum atomic E-state index is 11.3. The highest BCUT2D eigenvalue weighted by Gasteiger charge is 2.18. The van der Waals surface area contributed by atoms with Gasteiger partial charge in [0.05, 0.1) is 6.61 Å². The Morgan fingerprint density at radius 3 is 3.05 bits per heavy atom. The number of nitrogens with one attached hydrogen (secondary N) is 1. The molecular formula is C16H24N2O2. The second-order valence-electron chi connectivity index (χ2n) is 5.50. The molecular weight excluding hydrogens is 252 g/mol. The molecule has 110 valence electrons. The molecule has 1 aromatic rings. The highest BCUT2D eigenvalue weighted by Crippen LogP contribution is 2.26. The Morgan fingerprint density at radius 2 is 2.25 bits per heavy atom. The molecule has 0 aromatic heterocycles. The molecule has 0 aliphatic carbocycles. The fraction of sp³-hybridized carbons (Fsp3) is 0.562. The molecule has 0 saturated carbocycles. The van der Waals surface area contributed by atoms with Crippen LogP contribution in [0, 0.1) is 5.92 Å². The summed E-state index contributed by atoms with van der Waals surface area (Å²) in [6, 6.07) is 8.29. The van der Waals surface area contributed by atoms with Crippen molar-refractivity contribution in [1.29, 1.82) is 0 Å². The van der Waals surface area contributed by atoms with Crippen molar-refractivity contribution in [1.82, 2.24) is 10.2 Å². The Hall–Kier alpha value is -1.55. The van der Waals surface area contributed by atoms with Crippen molar-refractivity contribution >= 4 is 5.91 Å². The highest BCUT2D eigenvalue weighted by atomic mass is 16.5. The van der Waals surface area contributed by atoms with Gasteiger partial charge in [0.2, 0.25) is 5.91 Å². The lowest BCUT2D eigenvalue weighted by atomic mass is 9.96. The van der Waals surface area contributed by atoms with E-state index < -0.39 is 0 Å². The van der Waals surface area contributed by atoms with Crippen molar-refractivity contribution in [3.8, 4) is 5.75 Å². The third-order valence-electron chi connectivity index (χ3n) is 3.83. The number of rotatable bonds is 5. The van der Waals surface area contributed by atoms with Gasteiger partial charge in [0.15, 0.2) is 0 Å². The second-order valence-corrected chi connectivity index (χ2v) is 5.50. The summed E-state index contributed by atoms with van der Waals surface area (Å²) in [5, 5.41) is 2.66. The first-order valence-corrected chi connectivity index (χ1v) is 7.29. The van der Waals surface area contributed by atoms with Gasteiger partial charge in [0, 0.05) is 26.6 Å². The summed E-state index contributed by atoms with van der Waals surface area (Å²) < 4.78 is 5.79. The molecule has 2 rings (SSSR count). The standard InChI is InChI=1S/C16H24N2O2/c1-17-16(19)7-9-18(2)12-13-8-10-20-15-6-4-3-5-14(15)11-13/h3-6,13H,7-12H2,1-2H3,(H,17,19). The summed E-state index contributed by atoms with van der Waals surface area (Å²) >= 11 is 0. The number of carbonyl (C=O) groups excluding carboxylic acids is 1. The maximum Gasteiger partial charge on any atom is 0.221 e. The van der Waals surface area contributed by atoms with Crippen LogP contribution < -0.4 is 10.1 Å². The monoisotopic (exact) mass is 276 g/mol. The van der Waals surface area contributed by atoms with Crippen LogP contribution in [0.4, 0.5) is 0 Å². The molecule has 4 heteroatoms. The van der Waals surface area contributed by atoms with E-state index in [1.807, 2.05) is 12.1 Å². The van der Waals surface area contributed by atoms with Gasteiger partial charge in [-0.1, -0.05) is 18.2 Å². The Labute approximate surface area is 121 Å². The first-order chi connectivity index (χ1) is 9.69. The van der Waals surface area contributed by atoms with Crippen LogP contribution in [0.5, 0.6) is 5.75 Å². The molecule has 1 unspecified atom stereocenters. The molecule has 1 aromatic carbocycles. The van der Waals surface area contributed by atoms with E-state index in [0.717, 1.165) is 38.3 Å². The molecule has 1 atom stereocenters. The average Bonchev–Trinajstić information content (AvgIpc) is 2.66. The van der Waals surface area contributed by atoms with Crippen molar-refractivity contribution in [3.05, 3.63) is 29.8 Å². The quantitative estimate of drug-likeness (QED) is 0.890. The maximum absolute atomic E-state index is 11.3. The minimum Gasteiger partial charge on any atom is -0.493 e. The number of carbonyl (C=O) groups is 1. The zero-order chi connectivity index (χ0) is 14.4. The van der Waals surface area contributed by atoms with E-state index in [1.165, 1.54) is 5.56 Å². The minimum absolute atomic E-state index is 0.103. The zero-order valence-corrected chi connectivity index (χ0v) is 12.4. The molecule has 0 saturated heterocycles. The molecule has 4 nitrogen and oxygen atoms in total. The van der Waals surface area contributed by atoms with Crippen molar-refractivity contribution in [3.63, 3.8) is 0 Å². The molecule has 1 N–H and O–H groups in total. The van der Waals surface area contributed by atoms with Crippen molar-refractivity contribution in [2.24, 2.45) is 5.92 Å². The SMILES string of the molecule is CNC(=O)CCN(C)CC1CCOc2ccccc2C1. The number of hydrogen-bond donors (Lipinski definition) is 1. The topological polar surface area (TPSA) is 41.6 Å². The van der Waals surface area contributed by atoms with Crippen LogP contribution in [0.2, 0.25) is 0 Å². The number of benzene rings is 1. The van der Waals surface area contributed by atoms with Crippen LogP contribution in [0.1, 0.15) is 18.4 Å². The molecule has 1 amide bonds. The predicted molar refractivity (Wildman–Crippen MR) is 79.9 cm³/mol. The molecule has 1 aliphatic heterocycles. The van der Waals surface area contributed by atoms with Crippen molar-refractivity contribution in [2.45, 2.75) is 19.3 Å². The molecule has 1 aliphatic rings. The van der Waals surface area contributed by atoms with E-state index in [-0.39, 0.29) is 5.91 Å². The third-order valence-corrected chi connectivity index (χ3v) is 3.83. The van der Waals surface area contributed by atoms with E-state index in [2.05, 4.69) is 29.4 Å². The summed E-state index contributed by atoms with van der Waals surface area (Å²) in [6.07, 6.45) is 2.69. The van der Waals surface area contributed by atoms with Gasteiger partial charge in [-0.15, -0.1) is 0 Å². The second kappa shape index (κ2) is 7.29. The zero-order valence-electron chi connectivity index (χ0n) is 12.4. The number of ether oxygens (including phenoxy) is 1. The Bertz CT molecular complexity index is 448. The van der Waals surface area contributed by atoms with Gasteiger partial charge in [-0.25, -0.2) is 0 Å². The fourth-order valence-corrected chi connectivity index (χ4v) is 2.67. The van der Waals surface area contributed by atoms with Gasteiger partial charge in [0.1, 0.15) is 5.75 Å². The first kappa shape index (κ1) is 14.9. The summed E-state index contributed by atoms with van der Waals surface area (Å²) in [6.45, 7) is 2.60. The Kier molecular flexibility index (Phi) is 5.41. The summed E-state index contributed by atoms with van der Waals surface area (Å²) in [7, 11) is 3.77. The van der Waals surface area contributed by atoms with Gasteiger partial charge in [-0.2, -0.15) is 0 Å². The van der Waals surface area contributed by atoms with Gasteiger partial charge in [-0.05, 0) is 37.4 Å². The van der Waals surface area contributed by atoms with Crippen molar-refractivity contribution in [2.75, 3.05) is 33.8 Å². The fourth-order valence-electron chi connectivity index (χ4n) is 2.67. The van der Waals surface area contributed by atoms with Crippen LogP contribution in [0.3, 0.4) is 0 Å². The van der Waals surface area contributed by atoms with Gasteiger partial charge >= 0.3 is 0 Å². The van der Waals surface area contributed by atoms with E-state index >= 15 is 0 Å². The average molecular weight is 276 g/mol. The summed E-state index contributed by atoms with van der Waals surface area (Å²) in [5.41, 5.74) is 1.30. The van der Waals surface area contributed by atoms with Crippen LogP contribution in [0.15, 0.2) is 24.3 Å². The molecule has 0 fully saturated rings. The van der Waals surface area contributed by atoms with E-state index in [0.29, 0.717) is 12.3 Å². The molecule has 1 heterocycles. The minimum atomic E-state index is 0.103. The lowest BCUT2D eigenvalue weighted by Gasteiger charge is -2.22. The molecule has 0 radical (unpaired) electrons. The van der Waals surface area contributed by atoms with Gasteiger partial charge in [0.25, 0.3) is 0 Å². The van der Waals surface area contributed by atoms with Crippen LogP contribution in [-0.4, -0.2) is 44.6 Å². The molecule has 0 bridgehead atoms. The van der Waals surface area contributed by atoms with Crippen LogP contribution in [-0.2, 0) is 11.2 Å². The van der Waals surface area contributed by atoms with Crippen molar-refractivity contribution < 1.29 is 9.53 Å². The number of nitrogens with zero attached hydrogens (tertiary/aromatic N) is 1. The normalized spacial score (nSPS) is 18.1. The van der Waals surface area contributed by atoms with Gasteiger partial charge < -0.3 is 15.0 Å². The van der Waals surface area contributed by atoms with E-state index in [4.69, 9.17) is 4.74 Å². The molecule has 20 heavy (non-hydrogen) atoms. The largest absolute Gasteiger partial charge is 0.493 e.